The lowest BCUT2D eigenvalue weighted by molar-refractivity contribution is 0.0301. The first-order chi connectivity index (χ1) is 15.5. The van der Waals surface area contributed by atoms with E-state index in [4.69, 9.17) is 13.9 Å². The molecule has 6 nitrogen and oxygen atoms in total. The van der Waals surface area contributed by atoms with Crippen molar-refractivity contribution in [2.45, 2.75) is 57.5 Å². The molecule has 5 rings (SSSR count). The highest BCUT2D eigenvalue weighted by Gasteiger charge is 2.42. The van der Waals surface area contributed by atoms with Gasteiger partial charge in [0, 0.05) is 10.9 Å². The fourth-order valence-electron chi connectivity index (χ4n) is 5.13. The Hall–Kier alpha value is -3.28. The maximum absolute atomic E-state index is 13.4. The Balaban J connectivity index is 1.52. The van der Waals surface area contributed by atoms with Crippen LogP contribution in [0.4, 0.5) is 5.69 Å². The summed E-state index contributed by atoms with van der Waals surface area (Å²) in [5.41, 5.74) is 1.85. The standard InChI is InChI=1S/C26H27NO5/c1-16-22-20(31-24(16)25(29)27-17-9-5-6-10-19(17)30-2)11-12-21-23(22)18(28)15-26(32-21)13-7-3-4-8-14-26/h5-6,9-12H,3-4,7-8,13-15H2,1-2H3,(H,27,29). The molecule has 1 amide bonds. The molecule has 1 spiro atoms. The molecule has 1 fully saturated rings. The highest BCUT2D eigenvalue weighted by Crippen LogP contribution is 2.45. The predicted octanol–water partition coefficient (Wildman–Crippen LogP) is 6.06. The zero-order chi connectivity index (χ0) is 22.3. The highest BCUT2D eigenvalue weighted by atomic mass is 16.5. The topological polar surface area (TPSA) is 77.8 Å². The molecular formula is C26H27NO5. The molecule has 6 heteroatoms. The summed E-state index contributed by atoms with van der Waals surface area (Å²) in [7, 11) is 1.55. The summed E-state index contributed by atoms with van der Waals surface area (Å²) in [5.74, 6) is 1.03. The van der Waals surface area contributed by atoms with Crippen LogP contribution >= 0.6 is 0 Å². The van der Waals surface area contributed by atoms with Gasteiger partial charge in [-0.05, 0) is 56.9 Å². The fraction of sp³-hybridized carbons (Fsp3) is 0.385. The van der Waals surface area contributed by atoms with Gasteiger partial charge in [-0.3, -0.25) is 9.59 Å². The molecule has 2 aromatic carbocycles. The van der Waals surface area contributed by atoms with E-state index in [-0.39, 0.29) is 17.5 Å². The zero-order valence-electron chi connectivity index (χ0n) is 18.5. The zero-order valence-corrected chi connectivity index (χ0v) is 18.5. The van der Waals surface area contributed by atoms with Crippen LogP contribution in [0.1, 0.15) is 71.4 Å². The summed E-state index contributed by atoms with van der Waals surface area (Å²) in [6, 6.07) is 10.8. The molecule has 166 valence electrons. The molecule has 0 radical (unpaired) electrons. The molecule has 2 aliphatic rings. The number of furan rings is 1. The quantitative estimate of drug-likeness (QED) is 0.543. The number of carbonyl (C=O) groups excluding carboxylic acids is 2. The van der Waals surface area contributed by atoms with Gasteiger partial charge in [-0.15, -0.1) is 0 Å². The van der Waals surface area contributed by atoms with E-state index in [1.165, 1.54) is 12.8 Å². The van der Waals surface area contributed by atoms with Gasteiger partial charge in [-0.25, -0.2) is 0 Å². The van der Waals surface area contributed by atoms with Crippen LogP contribution in [0.25, 0.3) is 11.0 Å². The lowest BCUT2D eigenvalue weighted by Gasteiger charge is -2.37. The third-order valence-electron chi connectivity index (χ3n) is 6.72. The molecule has 1 saturated carbocycles. The molecule has 0 unspecified atom stereocenters. The Morgan fingerprint density at radius 2 is 1.81 bits per heavy atom. The number of anilines is 1. The SMILES string of the molecule is COc1ccccc1NC(=O)c1oc2ccc3c(c2c1C)C(=O)CC1(CCCCCC1)O3. The second kappa shape index (κ2) is 8.01. The number of ketones is 1. The molecule has 1 aliphatic carbocycles. The maximum Gasteiger partial charge on any atom is 0.291 e. The second-order valence-corrected chi connectivity index (χ2v) is 8.82. The van der Waals surface area contributed by atoms with Crippen molar-refractivity contribution in [3.05, 3.63) is 53.3 Å². The summed E-state index contributed by atoms with van der Waals surface area (Å²) in [6.45, 7) is 1.81. The van der Waals surface area contributed by atoms with E-state index in [0.29, 0.717) is 45.7 Å². The minimum Gasteiger partial charge on any atom is -0.495 e. The number of fused-ring (bicyclic) bond motifs is 3. The number of para-hydroxylation sites is 2. The molecular weight excluding hydrogens is 406 g/mol. The van der Waals surface area contributed by atoms with Crippen LogP contribution in [0.2, 0.25) is 0 Å². The number of carbonyl (C=O) groups is 2. The van der Waals surface area contributed by atoms with Gasteiger partial charge in [0.05, 0.1) is 24.8 Å². The van der Waals surface area contributed by atoms with Crippen molar-refractivity contribution in [1.82, 2.24) is 0 Å². The van der Waals surface area contributed by atoms with Gasteiger partial charge in [0.2, 0.25) is 0 Å². The minimum atomic E-state index is -0.393. The maximum atomic E-state index is 13.4. The average Bonchev–Trinajstić information content (AvgIpc) is 2.97. The molecule has 1 aromatic heterocycles. The molecule has 0 bridgehead atoms. The van der Waals surface area contributed by atoms with Crippen LogP contribution in [0.15, 0.2) is 40.8 Å². The summed E-state index contributed by atoms with van der Waals surface area (Å²) < 4.78 is 17.7. The minimum absolute atomic E-state index is 0.0688. The molecule has 1 aliphatic heterocycles. The van der Waals surface area contributed by atoms with Crippen molar-refractivity contribution in [1.29, 1.82) is 0 Å². The van der Waals surface area contributed by atoms with E-state index in [1.807, 2.05) is 25.1 Å². The normalized spacial score (nSPS) is 17.5. The number of ether oxygens (including phenoxy) is 2. The summed E-state index contributed by atoms with van der Waals surface area (Å²) in [5, 5.41) is 3.52. The number of benzene rings is 2. The van der Waals surface area contributed by atoms with E-state index < -0.39 is 5.60 Å². The first-order valence-corrected chi connectivity index (χ1v) is 11.2. The highest BCUT2D eigenvalue weighted by molar-refractivity contribution is 6.15. The first-order valence-electron chi connectivity index (χ1n) is 11.2. The van der Waals surface area contributed by atoms with Gasteiger partial charge in [-0.2, -0.15) is 0 Å². The van der Waals surface area contributed by atoms with Gasteiger partial charge >= 0.3 is 0 Å². The van der Waals surface area contributed by atoms with Gasteiger partial charge < -0.3 is 19.2 Å². The van der Waals surface area contributed by atoms with Crippen LogP contribution < -0.4 is 14.8 Å². The van der Waals surface area contributed by atoms with Crippen LogP contribution in [-0.4, -0.2) is 24.4 Å². The van der Waals surface area contributed by atoms with Gasteiger partial charge in [0.1, 0.15) is 22.7 Å². The van der Waals surface area contributed by atoms with Crippen LogP contribution in [0.3, 0.4) is 0 Å². The summed E-state index contributed by atoms with van der Waals surface area (Å²) in [6.07, 6.45) is 6.76. The molecule has 0 atom stereocenters. The van der Waals surface area contributed by atoms with Crippen LogP contribution in [0.5, 0.6) is 11.5 Å². The van der Waals surface area contributed by atoms with E-state index >= 15 is 0 Å². The summed E-state index contributed by atoms with van der Waals surface area (Å²) in [4.78, 5) is 26.4. The molecule has 2 heterocycles. The molecule has 1 N–H and O–H groups in total. The Morgan fingerprint density at radius 1 is 1.06 bits per heavy atom. The Bertz CT molecular complexity index is 1200. The van der Waals surface area contributed by atoms with Crippen LogP contribution in [0, 0.1) is 6.92 Å². The average molecular weight is 434 g/mol. The number of hydrogen-bond donors (Lipinski definition) is 1. The van der Waals surface area contributed by atoms with Crippen LogP contribution in [-0.2, 0) is 0 Å². The number of amides is 1. The Labute approximate surface area is 186 Å². The Morgan fingerprint density at radius 3 is 2.56 bits per heavy atom. The van der Waals surface area contributed by atoms with E-state index in [2.05, 4.69) is 5.32 Å². The molecule has 32 heavy (non-hydrogen) atoms. The third kappa shape index (κ3) is 3.44. The number of methoxy groups -OCH3 is 1. The van der Waals surface area contributed by atoms with Crippen molar-refractivity contribution in [2.75, 3.05) is 12.4 Å². The second-order valence-electron chi connectivity index (χ2n) is 8.82. The molecule has 0 saturated heterocycles. The smallest absolute Gasteiger partial charge is 0.291 e. The number of nitrogens with one attached hydrogen (secondary N) is 1. The van der Waals surface area contributed by atoms with Crippen molar-refractivity contribution >= 4 is 28.3 Å². The third-order valence-corrected chi connectivity index (χ3v) is 6.72. The van der Waals surface area contributed by atoms with E-state index in [1.54, 1.807) is 25.3 Å². The molecule has 3 aromatic rings. The van der Waals surface area contributed by atoms with Crippen molar-refractivity contribution in [3.8, 4) is 11.5 Å². The number of rotatable bonds is 3. The summed E-state index contributed by atoms with van der Waals surface area (Å²) >= 11 is 0. The van der Waals surface area contributed by atoms with Crippen molar-refractivity contribution in [2.24, 2.45) is 0 Å². The predicted molar refractivity (Wildman–Crippen MR) is 122 cm³/mol. The van der Waals surface area contributed by atoms with E-state index in [9.17, 15) is 9.59 Å². The number of aryl methyl sites for hydroxylation is 1. The van der Waals surface area contributed by atoms with Gasteiger partial charge in [0.25, 0.3) is 5.91 Å². The number of hydrogen-bond acceptors (Lipinski definition) is 5. The largest absolute Gasteiger partial charge is 0.495 e. The number of Topliss-reactive ketones (excluding diaryl/α,β-unsaturated/α-hetero) is 1. The lowest BCUT2D eigenvalue weighted by Crippen LogP contribution is -2.41. The van der Waals surface area contributed by atoms with E-state index in [0.717, 1.165) is 25.7 Å². The fourth-order valence-corrected chi connectivity index (χ4v) is 5.13. The van der Waals surface area contributed by atoms with Crippen molar-refractivity contribution in [3.63, 3.8) is 0 Å². The van der Waals surface area contributed by atoms with Crippen molar-refractivity contribution < 1.29 is 23.5 Å². The van der Waals surface area contributed by atoms with Gasteiger partial charge in [0.15, 0.2) is 11.5 Å². The first kappa shape index (κ1) is 20.6. The van der Waals surface area contributed by atoms with Gasteiger partial charge in [-0.1, -0.05) is 25.0 Å². The lowest BCUT2D eigenvalue weighted by atomic mass is 9.83. The Kier molecular flexibility index (Phi) is 5.16. The monoisotopic (exact) mass is 433 g/mol.